The Morgan fingerprint density at radius 2 is 1.86 bits per heavy atom. The van der Waals surface area contributed by atoms with Crippen molar-refractivity contribution in [1.82, 2.24) is 10.2 Å². The van der Waals surface area contributed by atoms with Gasteiger partial charge in [0.1, 0.15) is 0 Å². The average molecular weight is 322 g/mol. The molecule has 21 heavy (non-hydrogen) atoms. The van der Waals surface area contributed by atoms with E-state index in [0.29, 0.717) is 38.3 Å². The van der Waals surface area contributed by atoms with Crippen LogP contribution in [-0.4, -0.2) is 42.9 Å². The maximum absolute atomic E-state index is 11.9. The molecular formula is C15H32ClN3O2. The fourth-order valence-corrected chi connectivity index (χ4v) is 1.74. The van der Waals surface area contributed by atoms with Crippen molar-refractivity contribution in [3.8, 4) is 0 Å². The third-order valence-electron chi connectivity index (χ3n) is 3.45. The fourth-order valence-electron chi connectivity index (χ4n) is 1.74. The van der Waals surface area contributed by atoms with E-state index >= 15 is 0 Å². The largest absolute Gasteiger partial charge is 0.356 e. The lowest BCUT2D eigenvalue weighted by Crippen LogP contribution is -2.34. The van der Waals surface area contributed by atoms with Crippen LogP contribution >= 0.6 is 12.4 Å². The lowest BCUT2D eigenvalue weighted by molar-refractivity contribution is -0.130. The molecule has 0 radical (unpaired) electrons. The summed E-state index contributed by atoms with van der Waals surface area (Å²) < 4.78 is 0. The molecule has 1 unspecified atom stereocenters. The van der Waals surface area contributed by atoms with Gasteiger partial charge in [-0.05, 0) is 25.2 Å². The van der Waals surface area contributed by atoms with Gasteiger partial charge in [0, 0.05) is 39.0 Å². The zero-order chi connectivity index (χ0) is 15.5. The lowest BCUT2D eigenvalue weighted by Gasteiger charge is -2.21. The number of carbonyl (C=O) groups excluding carboxylic acids is 2. The molecule has 2 amide bonds. The summed E-state index contributed by atoms with van der Waals surface area (Å²) >= 11 is 0. The monoisotopic (exact) mass is 321 g/mol. The summed E-state index contributed by atoms with van der Waals surface area (Å²) in [6.07, 6.45) is 3.20. The number of hydrogen-bond acceptors (Lipinski definition) is 3. The molecule has 0 saturated heterocycles. The number of nitrogens with zero attached hydrogens (tertiary/aromatic N) is 1. The SMILES string of the molecule is CCCNC(=O)CCCC(=O)N(C)CCC(N)C(C)C.Cl. The molecule has 126 valence electrons. The highest BCUT2D eigenvalue weighted by Crippen LogP contribution is 2.05. The van der Waals surface area contributed by atoms with Crippen LogP contribution in [0.5, 0.6) is 0 Å². The highest BCUT2D eigenvalue weighted by molar-refractivity contribution is 5.85. The average Bonchev–Trinajstić information content (AvgIpc) is 2.41. The molecule has 0 aromatic carbocycles. The zero-order valence-corrected chi connectivity index (χ0v) is 14.7. The second-order valence-electron chi connectivity index (χ2n) is 5.72. The van der Waals surface area contributed by atoms with E-state index in [0.717, 1.165) is 12.8 Å². The van der Waals surface area contributed by atoms with Crippen molar-refractivity contribution < 1.29 is 9.59 Å². The van der Waals surface area contributed by atoms with Gasteiger partial charge in [-0.1, -0.05) is 20.8 Å². The molecule has 0 aliphatic heterocycles. The van der Waals surface area contributed by atoms with Crippen molar-refractivity contribution in [1.29, 1.82) is 0 Å². The Kier molecular flexibility index (Phi) is 13.8. The summed E-state index contributed by atoms with van der Waals surface area (Å²) in [4.78, 5) is 25.0. The van der Waals surface area contributed by atoms with Crippen molar-refractivity contribution in [3.05, 3.63) is 0 Å². The predicted molar refractivity (Wildman–Crippen MR) is 89.5 cm³/mol. The van der Waals surface area contributed by atoms with E-state index < -0.39 is 0 Å². The topological polar surface area (TPSA) is 75.4 Å². The molecule has 0 aromatic heterocycles. The maximum atomic E-state index is 11.9. The van der Waals surface area contributed by atoms with Crippen LogP contribution in [0.15, 0.2) is 0 Å². The number of carbonyl (C=O) groups is 2. The van der Waals surface area contributed by atoms with Crippen LogP contribution in [0.1, 0.15) is 52.9 Å². The highest BCUT2D eigenvalue weighted by Gasteiger charge is 2.13. The molecule has 6 heteroatoms. The molecule has 0 bridgehead atoms. The number of halogens is 1. The Balaban J connectivity index is 0. The van der Waals surface area contributed by atoms with Gasteiger partial charge in [0.25, 0.3) is 0 Å². The molecule has 3 N–H and O–H groups in total. The van der Waals surface area contributed by atoms with Gasteiger partial charge < -0.3 is 16.0 Å². The summed E-state index contributed by atoms with van der Waals surface area (Å²) in [6.45, 7) is 7.57. The van der Waals surface area contributed by atoms with E-state index in [9.17, 15) is 9.59 Å². The van der Waals surface area contributed by atoms with E-state index in [2.05, 4.69) is 19.2 Å². The minimum atomic E-state index is 0. The lowest BCUT2D eigenvalue weighted by atomic mass is 10.0. The van der Waals surface area contributed by atoms with Crippen molar-refractivity contribution in [2.75, 3.05) is 20.1 Å². The summed E-state index contributed by atoms with van der Waals surface area (Å²) in [5.74, 6) is 0.550. The Labute approximate surface area is 135 Å². The molecule has 0 spiro atoms. The molecule has 0 aromatic rings. The van der Waals surface area contributed by atoms with E-state index in [1.165, 1.54) is 0 Å². The van der Waals surface area contributed by atoms with Crippen LogP contribution in [-0.2, 0) is 9.59 Å². The fraction of sp³-hybridized carbons (Fsp3) is 0.867. The van der Waals surface area contributed by atoms with E-state index in [-0.39, 0.29) is 30.3 Å². The molecule has 0 saturated carbocycles. The van der Waals surface area contributed by atoms with Gasteiger partial charge >= 0.3 is 0 Å². The summed E-state index contributed by atoms with van der Waals surface area (Å²) in [5.41, 5.74) is 5.96. The van der Waals surface area contributed by atoms with Crippen LogP contribution < -0.4 is 11.1 Å². The molecule has 1 atom stereocenters. The first-order valence-corrected chi connectivity index (χ1v) is 7.64. The number of amides is 2. The zero-order valence-electron chi connectivity index (χ0n) is 13.9. The van der Waals surface area contributed by atoms with E-state index in [1.807, 2.05) is 6.92 Å². The normalized spacial score (nSPS) is 11.7. The van der Waals surface area contributed by atoms with Crippen LogP contribution in [0.4, 0.5) is 0 Å². The first-order chi connectivity index (χ1) is 9.38. The van der Waals surface area contributed by atoms with Crippen LogP contribution in [0.2, 0.25) is 0 Å². The Hall–Kier alpha value is -0.810. The quantitative estimate of drug-likeness (QED) is 0.645. The third kappa shape index (κ3) is 11.5. The first kappa shape index (κ1) is 22.5. The molecule has 0 aliphatic carbocycles. The van der Waals surface area contributed by atoms with Crippen LogP contribution in [0.25, 0.3) is 0 Å². The van der Waals surface area contributed by atoms with Crippen LogP contribution in [0, 0.1) is 5.92 Å². The Morgan fingerprint density at radius 1 is 1.24 bits per heavy atom. The second-order valence-corrected chi connectivity index (χ2v) is 5.72. The molecule has 0 rings (SSSR count). The first-order valence-electron chi connectivity index (χ1n) is 7.64. The van der Waals surface area contributed by atoms with E-state index in [1.54, 1.807) is 11.9 Å². The smallest absolute Gasteiger partial charge is 0.222 e. The van der Waals surface area contributed by atoms with Crippen molar-refractivity contribution >= 4 is 24.2 Å². The predicted octanol–water partition coefficient (Wildman–Crippen LogP) is 1.94. The molecule has 0 fully saturated rings. The van der Waals surface area contributed by atoms with Gasteiger partial charge in [0.2, 0.25) is 11.8 Å². The minimum absolute atomic E-state index is 0. The number of rotatable bonds is 10. The number of hydrogen-bond donors (Lipinski definition) is 2. The van der Waals surface area contributed by atoms with Gasteiger partial charge in [-0.2, -0.15) is 0 Å². The number of nitrogens with two attached hydrogens (primary N) is 1. The summed E-state index contributed by atoms with van der Waals surface area (Å²) in [7, 11) is 1.80. The van der Waals surface area contributed by atoms with Crippen LogP contribution in [0.3, 0.4) is 0 Å². The molecule has 0 heterocycles. The van der Waals surface area contributed by atoms with Gasteiger partial charge in [-0.15, -0.1) is 12.4 Å². The van der Waals surface area contributed by atoms with Gasteiger partial charge in [0.15, 0.2) is 0 Å². The summed E-state index contributed by atoms with van der Waals surface area (Å²) in [5, 5.41) is 2.81. The van der Waals surface area contributed by atoms with Gasteiger partial charge in [-0.25, -0.2) is 0 Å². The van der Waals surface area contributed by atoms with Crippen molar-refractivity contribution in [3.63, 3.8) is 0 Å². The van der Waals surface area contributed by atoms with Gasteiger partial charge in [0.05, 0.1) is 0 Å². The summed E-state index contributed by atoms with van der Waals surface area (Å²) in [6, 6.07) is 0.130. The molecular weight excluding hydrogens is 290 g/mol. The minimum Gasteiger partial charge on any atom is -0.356 e. The second kappa shape index (κ2) is 12.9. The Morgan fingerprint density at radius 3 is 2.38 bits per heavy atom. The van der Waals surface area contributed by atoms with Gasteiger partial charge in [-0.3, -0.25) is 9.59 Å². The molecule has 0 aliphatic rings. The number of nitrogens with one attached hydrogen (secondary N) is 1. The third-order valence-corrected chi connectivity index (χ3v) is 3.45. The van der Waals surface area contributed by atoms with Crippen molar-refractivity contribution in [2.24, 2.45) is 11.7 Å². The molecule has 5 nitrogen and oxygen atoms in total. The Bertz CT molecular complexity index is 299. The standard InChI is InChI=1S/C15H31N3O2.ClH/c1-5-10-17-14(19)7-6-8-15(20)18(4)11-9-13(16)12(2)3;/h12-13H,5-11,16H2,1-4H3,(H,17,19);1H. The van der Waals surface area contributed by atoms with E-state index in [4.69, 9.17) is 5.73 Å². The van der Waals surface area contributed by atoms with Crippen molar-refractivity contribution in [2.45, 2.75) is 58.9 Å². The maximum Gasteiger partial charge on any atom is 0.222 e. The highest BCUT2D eigenvalue weighted by atomic mass is 35.5.